The van der Waals surface area contributed by atoms with Crippen LogP contribution in [0.3, 0.4) is 0 Å². The third-order valence-corrected chi connectivity index (χ3v) is 5.69. The number of nitrogens with zero attached hydrogens (tertiary/aromatic N) is 6. The van der Waals surface area contributed by atoms with Crippen molar-refractivity contribution in [3.8, 4) is 11.4 Å². The molecule has 1 amide bonds. The number of aryl methyl sites for hydroxylation is 3. The average Bonchev–Trinajstić information content (AvgIpc) is 3.24. The van der Waals surface area contributed by atoms with Crippen molar-refractivity contribution in [1.29, 1.82) is 0 Å². The van der Waals surface area contributed by atoms with E-state index in [1.54, 1.807) is 18.3 Å². The van der Waals surface area contributed by atoms with Gasteiger partial charge in [-0.1, -0.05) is 18.6 Å². The number of pyridine rings is 1. The third-order valence-electron chi connectivity index (χ3n) is 5.69. The van der Waals surface area contributed by atoms with E-state index in [1.807, 2.05) is 36.4 Å². The molecule has 0 atom stereocenters. The van der Waals surface area contributed by atoms with Gasteiger partial charge in [-0.05, 0) is 50.5 Å². The molecule has 1 aromatic carbocycles. The first-order valence-corrected chi connectivity index (χ1v) is 10.3. The van der Waals surface area contributed by atoms with Crippen molar-refractivity contribution < 1.29 is 4.79 Å². The van der Waals surface area contributed by atoms with Crippen molar-refractivity contribution in [2.75, 3.05) is 5.32 Å². The molecule has 4 heterocycles. The highest BCUT2D eigenvalue weighted by atomic mass is 16.1. The SMILES string of the molecule is Cc1ccc(-c2nnc3n2CCCCC3)cc1NC(=O)c1ccc2nnc(C)n2c1. The molecule has 5 rings (SSSR count). The highest BCUT2D eigenvalue weighted by molar-refractivity contribution is 6.04. The maximum atomic E-state index is 12.9. The predicted octanol–water partition coefficient (Wildman–Crippen LogP) is 3.58. The molecular weight excluding hydrogens is 378 g/mol. The summed E-state index contributed by atoms with van der Waals surface area (Å²) in [6, 6.07) is 9.59. The van der Waals surface area contributed by atoms with E-state index in [1.165, 1.54) is 6.42 Å². The van der Waals surface area contributed by atoms with Gasteiger partial charge in [-0.3, -0.25) is 9.20 Å². The molecule has 0 aliphatic carbocycles. The second kappa shape index (κ2) is 7.37. The van der Waals surface area contributed by atoms with Gasteiger partial charge in [-0.2, -0.15) is 0 Å². The molecule has 1 aliphatic rings. The Morgan fingerprint density at radius 1 is 1.00 bits per heavy atom. The van der Waals surface area contributed by atoms with Crippen molar-refractivity contribution >= 4 is 17.2 Å². The number of aromatic nitrogens is 6. The first-order chi connectivity index (χ1) is 14.6. The highest BCUT2D eigenvalue weighted by Crippen LogP contribution is 2.27. The molecule has 0 radical (unpaired) electrons. The van der Waals surface area contributed by atoms with E-state index in [2.05, 4.69) is 30.3 Å². The number of carbonyl (C=O) groups excluding carboxylic acids is 1. The van der Waals surface area contributed by atoms with Crippen molar-refractivity contribution in [3.05, 3.63) is 59.3 Å². The zero-order valence-electron chi connectivity index (χ0n) is 17.1. The highest BCUT2D eigenvalue weighted by Gasteiger charge is 2.17. The molecule has 0 saturated carbocycles. The number of fused-ring (bicyclic) bond motifs is 2. The van der Waals surface area contributed by atoms with Crippen LogP contribution in [0, 0.1) is 13.8 Å². The van der Waals surface area contributed by atoms with Crippen LogP contribution >= 0.6 is 0 Å². The number of rotatable bonds is 3. The van der Waals surface area contributed by atoms with E-state index in [4.69, 9.17) is 0 Å². The molecule has 0 bridgehead atoms. The Kier molecular flexibility index (Phi) is 4.54. The molecule has 1 aliphatic heterocycles. The smallest absolute Gasteiger partial charge is 0.257 e. The van der Waals surface area contributed by atoms with Crippen molar-refractivity contribution in [3.63, 3.8) is 0 Å². The zero-order chi connectivity index (χ0) is 20.7. The lowest BCUT2D eigenvalue weighted by molar-refractivity contribution is 0.102. The molecule has 30 heavy (non-hydrogen) atoms. The van der Waals surface area contributed by atoms with Gasteiger partial charge in [0, 0.05) is 30.4 Å². The van der Waals surface area contributed by atoms with Gasteiger partial charge in [0.05, 0.1) is 5.56 Å². The van der Waals surface area contributed by atoms with Gasteiger partial charge in [0.1, 0.15) is 11.6 Å². The number of hydrogen-bond acceptors (Lipinski definition) is 5. The Morgan fingerprint density at radius 2 is 1.90 bits per heavy atom. The monoisotopic (exact) mass is 401 g/mol. The Labute approximate surface area is 174 Å². The van der Waals surface area contributed by atoms with Crippen LogP contribution in [0.4, 0.5) is 5.69 Å². The second-order valence-electron chi connectivity index (χ2n) is 7.78. The van der Waals surface area contributed by atoms with E-state index >= 15 is 0 Å². The lowest BCUT2D eigenvalue weighted by Crippen LogP contribution is -2.14. The lowest BCUT2D eigenvalue weighted by atomic mass is 10.1. The first kappa shape index (κ1) is 18.5. The minimum Gasteiger partial charge on any atom is -0.322 e. The molecule has 0 unspecified atom stereocenters. The van der Waals surface area contributed by atoms with Crippen LogP contribution in [-0.4, -0.2) is 35.3 Å². The van der Waals surface area contributed by atoms with E-state index in [0.29, 0.717) is 5.56 Å². The maximum absolute atomic E-state index is 12.9. The largest absolute Gasteiger partial charge is 0.322 e. The van der Waals surface area contributed by atoms with Crippen LogP contribution in [-0.2, 0) is 13.0 Å². The lowest BCUT2D eigenvalue weighted by Gasteiger charge is -2.12. The average molecular weight is 401 g/mol. The summed E-state index contributed by atoms with van der Waals surface area (Å²) < 4.78 is 4.02. The van der Waals surface area contributed by atoms with Gasteiger partial charge < -0.3 is 9.88 Å². The summed E-state index contributed by atoms with van der Waals surface area (Å²) in [5, 5.41) is 20.0. The van der Waals surface area contributed by atoms with Gasteiger partial charge in [0.2, 0.25) is 0 Å². The van der Waals surface area contributed by atoms with Crippen LogP contribution in [0.15, 0.2) is 36.5 Å². The van der Waals surface area contributed by atoms with E-state index in [9.17, 15) is 4.79 Å². The molecule has 8 heteroatoms. The van der Waals surface area contributed by atoms with Gasteiger partial charge >= 0.3 is 0 Å². The predicted molar refractivity (Wildman–Crippen MR) is 113 cm³/mol. The summed E-state index contributed by atoms with van der Waals surface area (Å²) in [7, 11) is 0. The summed E-state index contributed by atoms with van der Waals surface area (Å²) in [5.74, 6) is 2.48. The molecule has 0 spiro atoms. The minimum absolute atomic E-state index is 0.176. The van der Waals surface area contributed by atoms with Gasteiger partial charge in [-0.25, -0.2) is 0 Å². The summed E-state index contributed by atoms with van der Waals surface area (Å²) >= 11 is 0. The van der Waals surface area contributed by atoms with E-state index in [-0.39, 0.29) is 5.91 Å². The zero-order valence-corrected chi connectivity index (χ0v) is 17.1. The minimum atomic E-state index is -0.176. The van der Waals surface area contributed by atoms with Gasteiger partial charge in [0.25, 0.3) is 5.91 Å². The van der Waals surface area contributed by atoms with Crippen LogP contribution in [0.2, 0.25) is 0 Å². The normalized spacial score (nSPS) is 13.8. The van der Waals surface area contributed by atoms with Crippen LogP contribution < -0.4 is 5.32 Å². The van der Waals surface area contributed by atoms with Crippen LogP contribution in [0.5, 0.6) is 0 Å². The van der Waals surface area contributed by atoms with Crippen LogP contribution in [0.25, 0.3) is 17.0 Å². The summed E-state index contributed by atoms with van der Waals surface area (Å²) in [6.45, 7) is 4.78. The van der Waals surface area contributed by atoms with Crippen molar-refractivity contribution in [2.24, 2.45) is 0 Å². The number of anilines is 1. The molecule has 152 valence electrons. The molecule has 0 saturated heterocycles. The maximum Gasteiger partial charge on any atom is 0.257 e. The molecule has 4 aromatic rings. The molecular formula is C22H23N7O. The Morgan fingerprint density at radius 3 is 2.80 bits per heavy atom. The number of amides is 1. The first-order valence-electron chi connectivity index (χ1n) is 10.3. The van der Waals surface area contributed by atoms with Gasteiger partial charge in [0.15, 0.2) is 11.5 Å². The van der Waals surface area contributed by atoms with Gasteiger partial charge in [-0.15, -0.1) is 20.4 Å². The second-order valence-corrected chi connectivity index (χ2v) is 7.78. The van der Waals surface area contributed by atoms with E-state index in [0.717, 1.165) is 65.7 Å². The molecule has 3 aromatic heterocycles. The Hall–Kier alpha value is -3.55. The fourth-order valence-electron chi connectivity index (χ4n) is 3.93. The summed E-state index contributed by atoms with van der Waals surface area (Å²) in [5.41, 5.74) is 3.98. The Balaban J connectivity index is 1.46. The Bertz CT molecular complexity index is 1250. The number of nitrogens with one attached hydrogen (secondary N) is 1. The molecule has 8 nitrogen and oxygen atoms in total. The quantitative estimate of drug-likeness (QED) is 0.567. The number of benzene rings is 1. The topological polar surface area (TPSA) is 90.0 Å². The molecule has 1 N–H and O–H groups in total. The van der Waals surface area contributed by atoms with E-state index < -0.39 is 0 Å². The standard InChI is InChI=1S/C22H23N7O/c1-14-7-8-16(21-27-26-19-6-4-3-5-11-28(19)21)12-18(14)23-22(30)17-9-10-20-25-24-15(2)29(20)13-17/h7-10,12-13H,3-6,11H2,1-2H3,(H,23,30). The molecule has 0 fully saturated rings. The van der Waals surface area contributed by atoms with Crippen molar-refractivity contribution in [1.82, 2.24) is 29.4 Å². The number of carbonyl (C=O) groups is 1. The van der Waals surface area contributed by atoms with Crippen molar-refractivity contribution in [2.45, 2.75) is 46.1 Å². The number of hydrogen-bond donors (Lipinski definition) is 1. The fourth-order valence-corrected chi connectivity index (χ4v) is 3.93. The fraction of sp³-hybridized carbons (Fsp3) is 0.318. The third kappa shape index (κ3) is 3.24. The summed E-state index contributed by atoms with van der Waals surface area (Å²) in [6.07, 6.45) is 6.24. The van der Waals surface area contributed by atoms with Crippen LogP contribution in [0.1, 0.15) is 46.8 Å². The summed E-state index contributed by atoms with van der Waals surface area (Å²) in [4.78, 5) is 12.9.